The first-order valence-corrected chi connectivity index (χ1v) is 5.81. The first kappa shape index (κ1) is 12.9. The molecule has 0 aliphatic carbocycles. The minimum Gasteiger partial charge on any atom is -0.399 e. The number of nitrogen functional groups attached to an aromatic ring is 1. The van der Waals surface area contributed by atoms with Crippen molar-refractivity contribution < 1.29 is 9.32 Å². The van der Waals surface area contributed by atoms with Crippen LogP contribution in [-0.2, 0) is 6.42 Å². The summed E-state index contributed by atoms with van der Waals surface area (Å²) in [5, 5.41) is 9.44. The molecule has 0 aliphatic rings. The smallest absolute Gasteiger partial charge is 0.253 e. The Hall–Kier alpha value is -2.57. The molecule has 0 atom stereocenters. The van der Waals surface area contributed by atoms with Crippen molar-refractivity contribution in [3.05, 3.63) is 36.0 Å². The molecule has 0 fully saturated rings. The summed E-state index contributed by atoms with van der Waals surface area (Å²) in [5.74, 6) is 0.444. The van der Waals surface area contributed by atoms with Crippen LogP contribution in [0.5, 0.6) is 0 Å². The second-order valence-electron chi connectivity index (χ2n) is 3.91. The zero-order valence-electron chi connectivity index (χ0n) is 10.5. The molecule has 0 spiro atoms. The second kappa shape index (κ2) is 5.85. The lowest BCUT2D eigenvalue weighted by Gasteiger charge is -2.11. The maximum absolute atomic E-state index is 11.7. The normalized spacial score (nSPS) is 10.2. The summed E-state index contributed by atoms with van der Waals surface area (Å²) in [5.41, 5.74) is 7.55. The number of anilines is 2. The van der Waals surface area contributed by atoms with Gasteiger partial charge < -0.3 is 20.9 Å². The number of nitrogens with two attached hydrogens (primary N) is 1. The van der Waals surface area contributed by atoms with Crippen molar-refractivity contribution in [3.63, 3.8) is 0 Å². The molecule has 7 nitrogen and oxygen atoms in total. The molecule has 0 bridgehead atoms. The van der Waals surface area contributed by atoms with Gasteiger partial charge in [-0.05, 0) is 18.2 Å². The number of hydrogen-bond acceptors (Lipinski definition) is 6. The van der Waals surface area contributed by atoms with Gasteiger partial charge in [0.25, 0.3) is 5.91 Å². The molecule has 7 heteroatoms. The van der Waals surface area contributed by atoms with Gasteiger partial charge in [0.1, 0.15) is 0 Å². The van der Waals surface area contributed by atoms with Gasteiger partial charge in [-0.3, -0.25) is 4.79 Å². The van der Waals surface area contributed by atoms with E-state index in [0.717, 1.165) is 0 Å². The van der Waals surface area contributed by atoms with Crippen molar-refractivity contribution in [2.45, 2.75) is 6.42 Å². The lowest BCUT2D eigenvalue weighted by Crippen LogP contribution is -2.20. The van der Waals surface area contributed by atoms with Crippen LogP contribution in [0.2, 0.25) is 0 Å². The second-order valence-corrected chi connectivity index (χ2v) is 3.91. The highest BCUT2D eigenvalue weighted by Crippen LogP contribution is 2.19. The standard InChI is InChI=1S/C12H15N5O2/c1-14-12(18)9-3-2-8(13)6-10(9)15-5-4-11-16-7-19-17-11/h2-3,6-7,15H,4-5,13H2,1H3,(H,14,18). The van der Waals surface area contributed by atoms with Crippen molar-refractivity contribution in [2.75, 3.05) is 24.6 Å². The number of benzene rings is 1. The Morgan fingerprint density at radius 1 is 1.47 bits per heavy atom. The first-order chi connectivity index (χ1) is 9.20. The van der Waals surface area contributed by atoms with Gasteiger partial charge in [0, 0.05) is 31.4 Å². The number of aromatic nitrogens is 2. The summed E-state index contributed by atoms with van der Waals surface area (Å²) in [6.07, 6.45) is 1.88. The summed E-state index contributed by atoms with van der Waals surface area (Å²) in [7, 11) is 1.59. The minimum absolute atomic E-state index is 0.165. The molecule has 4 N–H and O–H groups in total. The largest absolute Gasteiger partial charge is 0.399 e. The Morgan fingerprint density at radius 3 is 3.00 bits per heavy atom. The van der Waals surface area contributed by atoms with E-state index >= 15 is 0 Å². The highest BCUT2D eigenvalue weighted by Gasteiger charge is 2.10. The molecule has 1 aromatic heterocycles. The van der Waals surface area contributed by atoms with Crippen molar-refractivity contribution in [1.82, 2.24) is 15.5 Å². The molecule has 0 saturated heterocycles. The number of hydrogen-bond donors (Lipinski definition) is 3. The first-order valence-electron chi connectivity index (χ1n) is 5.81. The number of carbonyl (C=O) groups is 1. The Labute approximate surface area is 110 Å². The van der Waals surface area contributed by atoms with Gasteiger partial charge in [0.2, 0.25) is 6.39 Å². The van der Waals surface area contributed by atoms with E-state index in [1.54, 1.807) is 25.2 Å². The van der Waals surface area contributed by atoms with Crippen LogP contribution in [-0.4, -0.2) is 29.6 Å². The van der Waals surface area contributed by atoms with Gasteiger partial charge >= 0.3 is 0 Å². The van der Waals surface area contributed by atoms with Gasteiger partial charge in [0.15, 0.2) is 5.82 Å². The SMILES string of the molecule is CNC(=O)c1ccc(N)cc1NCCc1ncon1. The lowest BCUT2D eigenvalue weighted by atomic mass is 10.1. The molecule has 0 aliphatic heterocycles. The van der Waals surface area contributed by atoms with Gasteiger partial charge in [-0.25, -0.2) is 0 Å². The fourth-order valence-electron chi connectivity index (χ4n) is 1.65. The number of nitrogens with zero attached hydrogens (tertiary/aromatic N) is 2. The summed E-state index contributed by atoms with van der Waals surface area (Å²) >= 11 is 0. The van der Waals surface area contributed by atoms with Crippen molar-refractivity contribution in [3.8, 4) is 0 Å². The molecule has 1 amide bonds. The van der Waals surface area contributed by atoms with Gasteiger partial charge in [-0.1, -0.05) is 5.16 Å². The molecule has 0 unspecified atom stereocenters. The van der Waals surface area contributed by atoms with Crippen molar-refractivity contribution in [2.24, 2.45) is 0 Å². The Kier molecular flexibility index (Phi) is 3.97. The monoisotopic (exact) mass is 261 g/mol. The van der Waals surface area contributed by atoms with E-state index < -0.39 is 0 Å². The van der Waals surface area contributed by atoms with E-state index in [2.05, 4.69) is 25.3 Å². The Morgan fingerprint density at radius 2 is 2.32 bits per heavy atom. The third-order valence-corrected chi connectivity index (χ3v) is 2.59. The lowest BCUT2D eigenvalue weighted by molar-refractivity contribution is 0.0964. The molecule has 1 aromatic carbocycles. The zero-order valence-corrected chi connectivity index (χ0v) is 10.5. The predicted octanol–water partition coefficient (Wildman–Crippen LogP) is 0.666. The average molecular weight is 261 g/mol. The molecule has 100 valence electrons. The van der Waals surface area contributed by atoms with Gasteiger partial charge in [-0.15, -0.1) is 0 Å². The summed E-state index contributed by atoms with van der Waals surface area (Å²) < 4.78 is 4.64. The van der Waals surface area contributed by atoms with Crippen molar-refractivity contribution in [1.29, 1.82) is 0 Å². The van der Waals surface area contributed by atoms with E-state index in [9.17, 15) is 4.79 Å². The summed E-state index contributed by atoms with van der Waals surface area (Å²) in [6.45, 7) is 0.576. The molecule has 19 heavy (non-hydrogen) atoms. The number of amides is 1. The van der Waals surface area contributed by atoms with E-state index in [4.69, 9.17) is 5.73 Å². The minimum atomic E-state index is -0.165. The Balaban J connectivity index is 2.05. The third kappa shape index (κ3) is 3.21. The topological polar surface area (TPSA) is 106 Å². The van der Waals surface area contributed by atoms with Crippen LogP contribution in [0.4, 0.5) is 11.4 Å². The number of nitrogens with one attached hydrogen (secondary N) is 2. The molecule has 0 radical (unpaired) electrons. The molecular formula is C12H15N5O2. The average Bonchev–Trinajstić information content (AvgIpc) is 2.91. The molecular weight excluding hydrogens is 246 g/mol. The van der Waals surface area contributed by atoms with Gasteiger partial charge in [-0.2, -0.15) is 4.98 Å². The zero-order chi connectivity index (χ0) is 13.7. The van der Waals surface area contributed by atoms with Crippen LogP contribution in [0.25, 0.3) is 0 Å². The molecule has 2 rings (SSSR count). The van der Waals surface area contributed by atoms with Crippen LogP contribution in [0, 0.1) is 0 Å². The van der Waals surface area contributed by atoms with Crippen LogP contribution in [0.3, 0.4) is 0 Å². The van der Waals surface area contributed by atoms with Crippen molar-refractivity contribution >= 4 is 17.3 Å². The van der Waals surface area contributed by atoms with Crippen LogP contribution in [0.15, 0.2) is 29.1 Å². The fourth-order valence-corrected chi connectivity index (χ4v) is 1.65. The third-order valence-electron chi connectivity index (χ3n) is 2.59. The van der Waals surface area contributed by atoms with E-state index in [-0.39, 0.29) is 5.91 Å². The molecule has 2 aromatic rings. The highest BCUT2D eigenvalue weighted by molar-refractivity contribution is 6.00. The summed E-state index contributed by atoms with van der Waals surface area (Å²) in [4.78, 5) is 15.6. The summed E-state index contributed by atoms with van der Waals surface area (Å²) in [6, 6.07) is 5.10. The van der Waals surface area contributed by atoms with Gasteiger partial charge in [0.05, 0.1) is 5.56 Å². The highest BCUT2D eigenvalue weighted by atomic mass is 16.5. The quantitative estimate of drug-likeness (QED) is 0.683. The maximum atomic E-state index is 11.7. The molecule has 0 saturated carbocycles. The van der Waals surface area contributed by atoms with E-state index in [0.29, 0.717) is 35.7 Å². The van der Waals surface area contributed by atoms with Crippen LogP contribution >= 0.6 is 0 Å². The Bertz CT molecular complexity index is 553. The molecule has 1 heterocycles. The number of rotatable bonds is 5. The van der Waals surface area contributed by atoms with E-state index in [1.165, 1.54) is 6.39 Å². The fraction of sp³-hybridized carbons (Fsp3) is 0.250. The van der Waals surface area contributed by atoms with E-state index in [1.807, 2.05) is 0 Å². The number of carbonyl (C=O) groups excluding carboxylic acids is 1. The maximum Gasteiger partial charge on any atom is 0.253 e. The van der Waals surface area contributed by atoms with Crippen LogP contribution < -0.4 is 16.4 Å². The predicted molar refractivity (Wildman–Crippen MR) is 70.7 cm³/mol. The van der Waals surface area contributed by atoms with Crippen LogP contribution in [0.1, 0.15) is 16.2 Å².